The van der Waals surface area contributed by atoms with Gasteiger partial charge < -0.3 is 34.3 Å². The Bertz CT molecular complexity index is 1470. The summed E-state index contributed by atoms with van der Waals surface area (Å²) in [6.45, 7) is 8.04. The molecule has 51 heavy (non-hydrogen) atoms. The number of unbranched alkanes of at least 4 members (excludes halogenated alkanes) is 4. The monoisotopic (exact) mass is 746 g/mol. The lowest BCUT2D eigenvalue weighted by atomic mass is 9.46. The summed E-state index contributed by atoms with van der Waals surface area (Å²) in [5.74, 6) is 0.801. The molecule has 6 fully saturated rings. The van der Waals surface area contributed by atoms with E-state index in [1.54, 1.807) is 0 Å². The van der Waals surface area contributed by atoms with Gasteiger partial charge in [-0.3, -0.25) is 14.4 Å². The quantitative estimate of drug-likeness (QED) is 0.0903. The summed E-state index contributed by atoms with van der Waals surface area (Å²) in [5, 5.41) is 6.76. The summed E-state index contributed by atoms with van der Waals surface area (Å²) in [4.78, 5) is 50.7. The van der Waals surface area contributed by atoms with Gasteiger partial charge in [-0.1, -0.05) is 61.6 Å². The number of hydrogen-bond donors (Lipinski definition) is 2. The Kier molecular flexibility index (Phi) is 9.80. The summed E-state index contributed by atoms with van der Waals surface area (Å²) in [6, 6.07) is 0. The van der Waals surface area contributed by atoms with Gasteiger partial charge in [-0.15, -0.1) is 0 Å². The Morgan fingerprint density at radius 2 is 1.71 bits per heavy atom. The number of ether oxygens (including phenoxy) is 5. The molecule has 2 amide bonds. The molecule has 2 spiro atoms. The molecule has 13 heteroatoms. The molecule has 8 aliphatic rings. The second-order valence-corrected chi connectivity index (χ2v) is 19.4. The van der Waals surface area contributed by atoms with Gasteiger partial charge in [-0.25, -0.2) is 4.79 Å². The highest BCUT2D eigenvalue weighted by molar-refractivity contribution is 8.77. The van der Waals surface area contributed by atoms with Crippen LogP contribution in [0.5, 0.6) is 0 Å². The highest BCUT2D eigenvalue weighted by atomic mass is 33.1. The van der Waals surface area contributed by atoms with E-state index in [0.29, 0.717) is 32.5 Å². The number of fused-ring (bicyclic) bond motifs is 4. The topological polar surface area (TPSA) is 148 Å². The second-order valence-electron chi connectivity index (χ2n) is 16.6. The maximum absolute atomic E-state index is 13.5. The zero-order valence-corrected chi connectivity index (χ0v) is 31.9. The van der Waals surface area contributed by atoms with Crippen molar-refractivity contribution in [3.05, 3.63) is 11.1 Å². The molecule has 0 bridgehead atoms. The second kappa shape index (κ2) is 13.8. The predicted octanol–water partition coefficient (Wildman–Crippen LogP) is 4.94. The third-order valence-electron chi connectivity index (χ3n) is 13.5. The number of epoxide rings is 3. The van der Waals surface area contributed by atoms with Crippen LogP contribution in [0.2, 0.25) is 0 Å². The van der Waals surface area contributed by atoms with E-state index in [2.05, 4.69) is 31.4 Å². The number of amides is 2. The summed E-state index contributed by atoms with van der Waals surface area (Å²) in [7, 11) is 3.97. The van der Waals surface area contributed by atoms with E-state index in [-0.39, 0.29) is 66.2 Å². The molecule has 10 unspecified atom stereocenters. The summed E-state index contributed by atoms with van der Waals surface area (Å²) in [6.07, 6.45) is 10.0. The molecule has 0 aromatic carbocycles. The molecule has 10 atom stereocenters. The maximum atomic E-state index is 13.5. The number of cyclic esters (lactones) is 1. The minimum Gasteiger partial charge on any atom is -0.458 e. The van der Waals surface area contributed by atoms with E-state index in [4.69, 9.17) is 23.7 Å². The predicted molar refractivity (Wildman–Crippen MR) is 192 cm³/mol. The summed E-state index contributed by atoms with van der Waals surface area (Å²) >= 11 is 0. The molecule has 0 radical (unpaired) electrons. The number of carbonyl (C=O) groups excluding carboxylic acids is 4. The molecule has 282 valence electrons. The van der Waals surface area contributed by atoms with E-state index >= 15 is 0 Å². The van der Waals surface area contributed by atoms with Crippen LogP contribution in [0.1, 0.15) is 111 Å². The zero-order chi connectivity index (χ0) is 35.6. The van der Waals surface area contributed by atoms with E-state index in [1.807, 2.05) is 21.6 Å². The molecular formula is C38H54N2O9S2. The van der Waals surface area contributed by atoms with Crippen molar-refractivity contribution in [1.29, 1.82) is 0 Å². The van der Waals surface area contributed by atoms with Gasteiger partial charge in [0.25, 0.3) is 0 Å². The van der Waals surface area contributed by atoms with Gasteiger partial charge in [0.15, 0.2) is 11.7 Å². The molecule has 2 saturated carbocycles. The van der Waals surface area contributed by atoms with Crippen molar-refractivity contribution in [1.82, 2.24) is 10.6 Å². The standard InChI is InChI=1S/C38H54N2O9S2/c1-22(2)36-31(48-36)32-38(49-32)35(3)16-14-24-25(21-45-33(24)44)26(35)20-27-37(38,47-27)34(36)46-30(43)13-12-29(42)40-18-9-5-4-8-17-39-28(41)11-7-6-10-23-15-19-50-51-23/h22-23,26-27,31-32,34H,4-21H2,1-3H3,(H,39,41)(H,40,42). The first-order chi connectivity index (χ1) is 24.6. The van der Waals surface area contributed by atoms with E-state index in [9.17, 15) is 19.2 Å². The Morgan fingerprint density at radius 1 is 0.941 bits per heavy atom. The molecule has 4 saturated heterocycles. The van der Waals surface area contributed by atoms with Crippen molar-refractivity contribution < 1.29 is 42.9 Å². The molecule has 11 nitrogen and oxygen atoms in total. The largest absolute Gasteiger partial charge is 0.458 e. The minimum absolute atomic E-state index is 0.0207. The first kappa shape index (κ1) is 36.2. The van der Waals surface area contributed by atoms with Crippen LogP contribution in [0.4, 0.5) is 0 Å². The normalized spacial score (nSPS) is 40.6. The van der Waals surface area contributed by atoms with Gasteiger partial charge in [0, 0.05) is 47.9 Å². The average Bonchev–Trinajstić information content (AvgIpc) is 4.05. The fourth-order valence-electron chi connectivity index (χ4n) is 10.7. The minimum atomic E-state index is -0.796. The maximum Gasteiger partial charge on any atom is 0.334 e. The van der Waals surface area contributed by atoms with E-state index < -0.39 is 28.9 Å². The van der Waals surface area contributed by atoms with Crippen LogP contribution in [0, 0.1) is 17.3 Å². The van der Waals surface area contributed by atoms with Crippen LogP contribution < -0.4 is 10.6 Å². The first-order valence-corrected chi connectivity index (χ1v) is 21.9. The van der Waals surface area contributed by atoms with Crippen LogP contribution in [0.15, 0.2) is 11.1 Å². The molecule has 0 aromatic heterocycles. The van der Waals surface area contributed by atoms with Gasteiger partial charge in [0.05, 0.1) is 12.5 Å². The lowest BCUT2D eigenvalue weighted by molar-refractivity contribution is -0.169. The summed E-state index contributed by atoms with van der Waals surface area (Å²) < 4.78 is 31.8. The van der Waals surface area contributed by atoms with E-state index in [1.165, 1.54) is 18.6 Å². The molecule has 5 heterocycles. The Balaban J connectivity index is 0.766. The zero-order valence-electron chi connectivity index (χ0n) is 30.3. The van der Waals surface area contributed by atoms with Crippen molar-refractivity contribution in [2.45, 2.75) is 157 Å². The number of nitrogens with one attached hydrogen (secondary N) is 2. The fraction of sp³-hybridized carbons (Fsp3) is 0.842. The Morgan fingerprint density at radius 3 is 2.43 bits per heavy atom. The summed E-state index contributed by atoms with van der Waals surface area (Å²) in [5.41, 5.74) is -0.519. The van der Waals surface area contributed by atoms with Gasteiger partial charge in [-0.05, 0) is 68.8 Å². The fourth-order valence-corrected chi connectivity index (χ4v) is 13.7. The number of rotatable bonds is 17. The van der Waals surface area contributed by atoms with Crippen LogP contribution in [0.25, 0.3) is 0 Å². The highest BCUT2D eigenvalue weighted by Crippen LogP contribution is 2.83. The van der Waals surface area contributed by atoms with Crippen molar-refractivity contribution in [2.24, 2.45) is 17.3 Å². The van der Waals surface area contributed by atoms with E-state index in [0.717, 1.165) is 67.8 Å². The van der Waals surface area contributed by atoms with Gasteiger partial charge in [0.2, 0.25) is 11.8 Å². The number of hydrogen-bond acceptors (Lipinski definition) is 11. The van der Waals surface area contributed by atoms with Gasteiger partial charge in [-0.2, -0.15) is 0 Å². The molecule has 0 aromatic rings. The number of carbonyl (C=O) groups is 4. The Labute approximate surface area is 308 Å². The molecule has 2 N–H and O–H groups in total. The average molecular weight is 747 g/mol. The van der Waals surface area contributed by atoms with Crippen molar-refractivity contribution >= 4 is 45.3 Å². The van der Waals surface area contributed by atoms with Crippen LogP contribution >= 0.6 is 21.6 Å². The van der Waals surface area contributed by atoms with Crippen LogP contribution in [-0.4, -0.2) is 95.7 Å². The third-order valence-corrected chi connectivity index (χ3v) is 16.5. The first-order valence-electron chi connectivity index (χ1n) is 19.5. The van der Waals surface area contributed by atoms with Crippen molar-refractivity contribution in [3.63, 3.8) is 0 Å². The lowest BCUT2D eigenvalue weighted by Crippen LogP contribution is -2.70. The SMILES string of the molecule is CC(C)C12OC1C1OC13C1(C)CCC4=C(COC4=O)C1CC1OC13C2OC(=O)CCC(=O)NCCCCCCNC(=O)CCCCC1CCSS1. The highest BCUT2D eigenvalue weighted by Gasteiger charge is 3.01. The molecule has 5 aliphatic heterocycles. The third kappa shape index (κ3) is 5.89. The molecule has 3 aliphatic carbocycles. The Hall–Kier alpha value is -1.80. The van der Waals surface area contributed by atoms with Gasteiger partial charge >= 0.3 is 11.9 Å². The molecule has 8 rings (SSSR count). The lowest BCUT2D eigenvalue weighted by Gasteiger charge is -2.53. The molecular weight excluding hydrogens is 693 g/mol. The van der Waals surface area contributed by atoms with Crippen LogP contribution in [-0.2, 0) is 42.9 Å². The smallest absolute Gasteiger partial charge is 0.334 e. The van der Waals surface area contributed by atoms with Crippen molar-refractivity contribution in [3.8, 4) is 0 Å². The number of esters is 2. The van der Waals surface area contributed by atoms with Crippen molar-refractivity contribution in [2.75, 3.05) is 25.4 Å². The van der Waals surface area contributed by atoms with Crippen LogP contribution in [0.3, 0.4) is 0 Å². The van der Waals surface area contributed by atoms with Gasteiger partial charge in [0.1, 0.15) is 30.0 Å².